The molecule has 4 heteroatoms. The number of alkyl halides is 4. The zero-order chi connectivity index (χ0) is 12.6. The summed E-state index contributed by atoms with van der Waals surface area (Å²) in [4.78, 5) is 0. The van der Waals surface area contributed by atoms with Crippen molar-refractivity contribution in [3.63, 3.8) is 0 Å². The molecule has 0 N–H and O–H groups in total. The highest BCUT2D eigenvalue weighted by molar-refractivity contribution is 5.18. The molecule has 17 heavy (non-hydrogen) atoms. The summed E-state index contributed by atoms with van der Waals surface area (Å²) in [6.07, 6.45) is -3.67. The predicted molar refractivity (Wildman–Crippen MR) is 58.8 cm³/mol. The summed E-state index contributed by atoms with van der Waals surface area (Å²) in [5, 5.41) is 0. The molecule has 98 valence electrons. The van der Waals surface area contributed by atoms with Gasteiger partial charge in [0.05, 0.1) is 0 Å². The van der Waals surface area contributed by atoms with Gasteiger partial charge in [0.25, 0.3) is 0 Å². The molecule has 0 aromatic heterocycles. The first-order valence-electron chi connectivity index (χ1n) is 6.26. The number of rotatable bonds is 1. The lowest BCUT2D eigenvalue weighted by Gasteiger charge is -2.36. The lowest BCUT2D eigenvalue weighted by molar-refractivity contribution is 0.0633. The Morgan fingerprint density at radius 2 is 1.59 bits per heavy atom. The van der Waals surface area contributed by atoms with Crippen LogP contribution in [0.1, 0.15) is 32.6 Å². The van der Waals surface area contributed by atoms with E-state index in [-0.39, 0.29) is 18.8 Å². The fraction of sp³-hybridized carbons (Fsp3) is 0.846. The van der Waals surface area contributed by atoms with Crippen molar-refractivity contribution < 1.29 is 17.6 Å². The van der Waals surface area contributed by atoms with Crippen LogP contribution < -0.4 is 0 Å². The van der Waals surface area contributed by atoms with Gasteiger partial charge in [-0.1, -0.05) is 12.5 Å². The van der Waals surface area contributed by atoms with Gasteiger partial charge in [-0.05, 0) is 37.7 Å². The highest BCUT2D eigenvalue weighted by Crippen LogP contribution is 2.41. The van der Waals surface area contributed by atoms with Crippen molar-refractivity contribution in [2.24, 2.45) is 11.8 Å². The molecule has 0 radical (unpaired) electrons. The third kappa shape index (κ3) is 2.66. The molecule has 0 aromatic rings. The Morgan fingerprint density at radius 1 is 1.00 bits per heavy atom. The van der Waals surface area contributed by atoms with Crippen molar-refractivity contribution >= 4 is 0 Å². The predicted octanol–water partition coefficient (Wildman–Crippen LogP) is 4.11. The molecule has 0 amide bonds. The van der Waals surface area contributed by atoms with Crippen LogP contribution in [0, 0.1) is 11.8 Å². The fourth-order valence-corrected chi connectivity index (χ4v) is 2.98. The smallest absolute Gasteiger partial charge is 0.150 e. The largest absolute Gasteiger partial charge is 0.247 e. The average Bonchev–Trinajstić information content (AvgIpc) is 2.21. The second-order valence-corrected chi connectivity index (χ2v) is 5.38. The molecule has 4 atom stereocenters. The van der Waals surface area contributed by atoms with Crippen LogP contribution in [0.5, 0.6) is 0 Å². The summed E-state index contributed by atoms with van der Waals surface area (Å²) < 4.78 is 53.9. The molecule has 0 aliphatic heterocycles. The van der Waals surface area contributed by atoms with Crippen LogP contribution in [0.25, 0.3) is 0 Å². The maximum atomic E-state index is 13.9. The zero-order valence-electron chi connectivity index (χ0n) is 9.88. The van der Waals surface area contributed by atoms with Crippen molar-refractivity contribution in [2.75, 3.05) is 0 Å². The number of hydrogen-bond acceptors (Lipinski definition) is 0. The van der Waals surface area contributed by atoms with Crippen molar-refractivity contribution in [3.05, 3.63) is 11.6 Å². The first-order valence-corrected chi connectivity index (χ1v) is 6.26. The average molecular weight is 250 g/mol. The first kappa shape index (κ1) is 12.9. The molecule has 2 rings (SSSR count). The van der Waals surface area contributed by atoms with Gasteiger partial charge in [-0.2, -0.15) is 0 Å². The molecular weight excluding hydrogens is 232 g/mol. The molecule has 0 heterocycles. The minimum absolute atomic E-state index is 0.0236. The SMILES string of the molecule is CC1CC(F)C(C2=CC(F)C(F)CC2)C(F)C1. The molecule has 0 aromatic carbocycles. The summed E-state index contributed by atoms with van der Waals surface area (Å²) in [5.74, 6) is -0.826. The van der Waals surface area contributed by atoms with Gasteiger partial charge in [-0.25, -0.2) is 17.6 Å². The topological polar surface area (TPSA) is 0 Å². The second-order valence-electron chi connectivity index (χ2n) is 5.38. The molecular formula is C13H18F4. The Hall–Kier alpha value is -0.540. The van der Waals surface area contributed by atoms with Gasteiger partial charge in [0, 0.05) is 5.92 Å². The van der Waals surface area contributed by atoms with Crippen molar-refractivity contribution in [1.29, 1.82) is 0 Å². The van der Waals surface area contributed by atoms with E-state index >= 15 is 0 Å². The molecule has 0 saturated heterocycles. The normalized spacial score (nSPS) is 47.7. The van der Waals surface area contributed by atoms with E-state index < -0.39 is 30.6 Å². The van der Waals surface area contributed by atoms with E-state index in [1.54, 1.807) is 0 Å². The number of hydrogen-bond donors (Lipinski definition) is 0. The Balaban J connectivity index is 2.13. The minimum Gasteiger partial charge on any atom is -0.247 e. The first-order chi connectivity index (χ1) is 7.99. The fourth-order valence-electron chi connectivity index (χ4n) is 2.98. The zero-order valence-corrected chi connectivity index (χ0v) is 9.88. The van der Waals surface area contributed by atoms with Gasteiger partial charge in [-0.15, -0.1) is 0 Å². The van der Waals surface area contributed by atoms with Gasteiger partial charge in [0.1, 0.15) is 24.7 Å². The van der Waals surface area contributed by atoms with Crippen LogP contribution >= 0.6 is 0 Å². The summed E-state index contributed by atoms with van der Waals surface area (Å²) in [6, 6.07) is 0. The van der Waals surface area contributed by atoms with E-state index in [0.717, 1.165) is 6.08 Å². The maximum absolute atomic E-state index is 13.9. The lowest BCUT2D eigenvalue weighted by atomic mass is 9.73. The molecule has 2 aliphatic rings. The highest BCUT2D eigenvalue weighted by Gasteiger charge is 2.40. The van der Waals surface area contributed by atoms with Crippen LogP contribution in [0.3, 0.4) is 0 Å². The Labute approximate surface area is 99.1 Å². The van der Waals surface area contributed by atoms with E-state index in [0.29, 0.717) is 18.4 Å². The third-order valence-corrected chi connectivity index (χ3v) is 3.89. The number of allylic oxidation sites excluding steroid dienone is 2. The van der Waals surface area contributed by atoms with Crippen molar-refractivity contribution in [3.8, 4) is 0 Å². The van der Waals surface area contributed by atoms with E-state index in [1.807, 2.05) is 6.92 Å². The van der Waals surface area contributed by atoms with Crippen molar-refractivity contribution in [1.82, 2.24) is 0 Å². The monoisotopic (exact) mass is 250 g/mol. The summed E-state index contributed by atoms with van der Waals surface area (Å²) >= 11 is 0. The van der Waals surface area contributed by atoms with Crippen LogP contribution in [0.4, 0.5) is 17.6 Å². The molecule has 1 fully saturated rings. The van der Waals surface area contributed by atoms with Crippen LogP contribution in [0.15, 0.2) is 11.6 Å². The third-order valence-electron chi connectivity index (χ3n) is 3.89. The molecule has 4 unspecified atom stereocenters. The van der Waals surface area contributed by atoms with Crippen LogP contribution in [-0.2, 0) is 0 Å². The summed E-state index contributed by atoms with van der Waals surface area (Å²) in [5.41, 5.74) is 0.443. The van der Waals surface area contributed by atoms with E-state index in [9.17, 15) is 17.6 Å². The quantitative estimate of drug-likeness (QED) is 0.485. The van der Waals surface area contributed by atoms with Gasteiger partial charge >= 0.3 is 0 Å². The number of halogens is 4. The van der Waals surface area contributed by atoms with Gasteiger partial charge in [0.2, 0.25) is 0 Å². The van der Waals surface area contributed by atoms with Gasteiger partial charge in [-0.3, -0.25) is 0 Å². The Kier molecular flexibility index (Phi) is 3.79. The molecule has 0 bridgehead atoms. The van der Waals surface area contributed by atoms with Crippen molar-refractivity contribution in [2.45, 2.75) is 57.3 Å². The van der Waals surface area contributed by atoms with E-state index in [4.69, 9.17) is 0 Å². The van der Waals surface area contributed by atoms with Gasteiger partial charge in [0.15, 0.2) is 0 Å². The lowest BCUT2D eigenvalue weighted by Crippen LogP contribution is -2.37. The van der Waals surface area contributed by atoms with Crippen LogP contribution in [0.2, 0.25) is 0 Å². The second kappa shape index (κ2) is 4.99. The molecule has 1 saturated carbocycles. The molecule has 2 aliphatic carbocycles. The minimum atomic E-state index is -1.70. The highest BCUT2D eigenvalue weighted by atomic mass is 19.2. The Morgan fingerprint density at radius 3 is 2.12 bits per heavy atom. The Bertz CT molecular complexity index is 290. The summed E-state index contributed by atoms with van der Waals surface area (Å²) in [6.45, 7) is 1.82. The maximum Gasteiger partial charge on any atom is 0.150 e. The van der Waals surface area contributed by atoms with E-state index in [2.05, 4.69) is 0 Å². The van der Waals surface area contributed by atoms with Gasteiger partial charge < -0.3 is 0 Å². The molecule has 0 spiro atoms. The van der Waals surface area contributed by atoms with Crippen LogP contribution in [-0.4, -0.2) is 24.7 Å². The molecule has 0 nitrogen and oxygen atoms in total. The summed E-state index contributed by atoms with van der Waals surface area (Å²) in [7, 11) is 0. The standard InChI is InChI=1S/C13H18F4/c1-7-4-11(16)13(12(17)5-7)8-2-3-9(14)10(15)6-8/h6-7,9-13H,2-5H2,1H3. The van der Waals surface area contributed by atoms with E-state index in [1.165, 1.54) is 0 Å².